The van der Waals surface area contributed by atoms with E-state index in [0.717, 1.165) is 27.8 Å². The Morgan fingerprint density at radius 2 is 1.80 bits per heavy atom. The third-order valence-electron chi connectivity index (χ3n) is 4.26. The Kier molecular flexibility index (Phi) is 6.30. The number of anilines is 1. The van der Waals surface area contributed by atoms with Crippen LogP contribution in [0.25, 0.3) is 6.08 Å². The van der Waals surface area contributed by atoms with Gasteiger partial charge in [-0.2, -0.15) is 13.2 Å². The molecule has 0 saturated carbocycles. The van der Waals surface area contributed by atoms with Crippen LogP contribution in [-0.2, 0) is 15.8 Å². The minimum absolute atomic E-state index is 0.0106. The first-order valence-corrected chi connectivity index (χ1v) is 9.72. The monoisotopic (exact) mass is 452 g/mol. The summed E-state index contributed by atoms with van der Waals surface area (Å²) < 4.78 is 40.0. The number of hydroxylamine groups is 2. The number of alkyl halides is 3. The lowest BCUT2D eigenvalue weighted by molar-refractivity contribution is -0.137. The highest BCUT2D eigenvalue weighted by Gasteiger charge is 2.40. The number of carbonyl (C=O) groups excluding carboxylic acids is 2. The average molecular weight is 452 g/mol. The van der Waals surface area contributed by atoms with Gasteiger partial charge in [0.1, 0.15) is 0 Å². The third-order valence-corrected chi connectivity index (χ3v) is 5.56. The van der Waals surface area contributed by atoms with Crippen LogP contribution in [0.5, 0.6) is 0 Å². The maximum Gasteiger partial charge on any atom is 0.418 e. The minimum Gasteiger partial charge on any atom is -0.274 e. The molecule has 2 amide bonds. The first-order valence-electron chi connectivity index (χ1n) is 8.50. The van der Waals surface area contributed by atoms with Gasteiger partial charge in [0.25, 0.3) is 11.8 Å². The van der Waals surface area contributed by atoms with Crippen LogP contribution in [0.15, 0.2) is 53.4 Å². The number of thioether (sulfide) groups is 1. The highest BCUT2D eigenvalue weighted by atomic mass is 32.2. The molecule has 5 nitrogen and oxygen atoms in total. The number of hydrogen-bond acceptors (Lipinski definition) is 5. The molecule has 3 rings (SSSR count). The number of hydrogen-bond donors (Lipinski definition) is 0. The van der Waals surface area contributed by atoms with Crippen molar-refractivity contribution in [2.45, 2.75) is 6.18 Å². The van der Waals surface area contributed by atoms with Gasteiger partial charge in [0.2, 0.25) is 0 Å². The number of carbonyl (C=O) groups is 2. The summed E-state index contributed by atoms with van der Waals surface area (Å²) in [6.07, 6.45) is -3.11. The normalized spacial score (nSPS) is 15.8. The summed E-state index contributed by atoms with van der Waals surface area (Å²) >= 11 is 6.08. The summed E-state index contributed by atoms with van der Waals surface area (Å²) in [5, 5.41) is 1.07. The molecule has 2 aromatic carbocycles. The Bertz CT molecular complexity index is 1040. The SMILES string of the molecule is CON(C)C(=O)c1ccc(/C=C2\SC(=S)N(c3ccccc3C(F)(F)F)C2=O)cc1. The Labute approximate surface area is 180 Å². The zero-order valence-electron chi connectivity index (χ0n) is 15.8. The number of thiocarbonyl (C=S) groups is 1. The van der Waals surface area contributed by atoms with Crippen LogP contribution in [0.2, 0.25) is 0 Å². The summed E-state index contributed by atoms with van der Waals surface area (Å²) in [4.78, 5) is 30.8. The highest BCUT2D eigenvalue weighted by Crippen LogP contribution is 2.42. The fourth-order valence-electron chi connectivity index (χ4n) is 2.72. The molecule has 1 aliphatic rings. The van der Waals surface area contributed by atoms with Crippen molar-refractivity contribution in [2.24, 2.45) is 0 Å². The van der Waals surface area contributed by atoms with Crippen LogP contribution in [0.4, 0.5) is 18.9 Å². The van der Waals surface area contributed by atoms with E-state index in [0.29, 0.717) is 11.1 Å². The minimum atomic E-state index is -4.62. The van der Waals surface area contributed by atoms with Crippen LogP contribution >= 0.6 is 24.0 Å². The summed E-state index contributed by atoms with van der Waals surface area (Å²) in [6.45, 7) is 0. The molecule has 156 valence electrons. The number of rotatable bonds is 4. The molecule has 0 aliphatic carbocycles. The van der Waals surface area contributed by atoms with Gasteiger partial charge in [0, 0.05) is 12.6 Å². The number of nitrogens with zero attached hydrogens (tertiary/aromatic N) is 2. The molecule has 2 aromatic rings. The molecule has 1 saturated heterocycles. The van der Waals surface area contributed by atoms with Crippen LogP contribution in [0.3, 0.4) is 0 Å². The maximum absolute atomic E-state index is 13.3. The van der Waals surface area contributed by atoms with Crippen molar-refractivity contribution in [3.8, 4) is 0 Å². The van der Waals surface area contributed by atoms with Gasteiger partial charge in [-0.15, -0.1) is 0 Å². The van der Waals surface area contributed by atoms with Crippen molar-refractivity contribution in [1.29, 1.82) is 0 Å². The van der Waals surface area contributed by atoms with E-state index in [1.807, 2.05) is 0 Å². The number of para-hydroxylation sites is 1. The molecule has 1 heterocycles. The molecule has 30 heavy (non-hydrogen) atoms. The van der Waals surface area contributed by atoms with E-state index in [9.17, 15) is 22.8 Å². The number of benzene rings is 2. The number of halogens is 3. The van der Waals surface area contributed by atoms with Crippen LogP contribution in [0, 0.1) is 0 Å². The molecular weight excluding hydrogens is 437 g/mol. The van der Waals surface area contributed by atoms with E-state index in [1.54, 1.807) is 24.3 Å². The largest absolute Gasteiger partial charge is 0.418 e. The molecular formula is C20H15F3N2O3S2. The van der Waals surface area contributed by atoms with Crippen molar-refractivity contribution in [3.63, 3.8) is 0 Å². The van der Waals surface area contributed by atoms with Gasteiger partial charge >= 0.3 is 6.18 Å². The fraction of sp³-hybridized carbons (Fsp3) is 0.150. The first kappa shape index (κ1) is 22.0. The van der Waals surface area contributed by atoms with Crippen molar-refractivity contribution >= 4 is 51.9 Å². The smallest absolute Gasteiger partial charge is 0.274 e. The summed E-state index contributed by atoms with van der Waals surface area (Å²) in [5.74, 6) is -0.986. The van der Waals surface area contributed by atoms with E-state index < -0.39 is 17.6 Å². The molecule has 1 aliphatic heterocycles. The van der Waals surface area contributed by atoms with E-state index in [2.05, 4.69) is 0 Å². The molecule has 0 atom stereocenters. The molecule has 0 aromatic heterocycles. The standard InChI is InChI=1S/C20H15F3N2O3S2/c1-24(28-2)17(26)13-9-7-12(8-10-13)11-16-18(27)25(19(29)30-16)15-6-4-3-5-14(15)20(21,22)23/h3-11H,1-2H3/b16-11-. The van der Waals surface area contributed by atoms with Crippen LogP contribution in [-0.4, -0.2) is 35.4 Å². The van der Waals surface area contributed by atoms with Crippen molar-refractivity contribution in [3.05, 3.63) is 70.1 Å². The van der Waals surface area contributed by atoms with Gasteiger partial charge < -0.3 is 0 Å². The van der Waals surface area contributed by atoms with Gasteiger partial charge in [-0.25, -0.2) is 5.06 Å². The van der Waals surface area contributed by atoms with Gasteiger partial charge in [0.05, 0.1) is 23.3 Å². The molecule has 1 fully saturated rings. The highest BCUT2D eigenvalue weighted by molar-refractivity contribution is 8.27. The second-order valence-electron chi connectivity index (χ2n) is 6.14. The molecule has 10 heteroatoms. The quantitative estimate of drug-likeness (QED) is 0.381. The van der Waals surface area contributed by atoms with E-state index in [-0.39, 0.29) is 20.8 Å². The predicted molar refractivity (Wildman–Crippen MR) is 113 cm³/mol. The Hall–Kier alpha value is -2.69. The lowest BCUT2D eigenvalue weighted by Gasteiger charge is -2.20. The Balaban J connectivity index is 1.89. The fourth-order valence-corrected chi connectivity index (χ4v) is 4.01. The summed E-state index contributed by atoms with van der Waals surface area (Å²) in [7, 11) is 2.84. The van der Waals surface area contributed by atoms with Gasteiger partial charge in [-0.3, -0.25) is 19.3 Å². The van der Waals surface area contributed by atoms with E-state index in [4.69, 9.17) is 17.1 Å². The van der Waals surface area contributed by atoms with Crippen molar-refractivity contribution in [1.82, 2.24) is 5.06 Å². The first-order chi connectivity index (χ1) is 14.1. The van der Waals surface area contributed by atoms with Gasteiger partial charge in [0.15, 0.2) is 4.32 Å². The molecule has 0 N–H and O–H groups in total. The maximum atomic E-state index is 13.3. The lowest BCUT2D eigenvalue weighted by atomic mass is 10.1. The Morgan fingerprint density at radius 1 is 1.17 bits per heavy atom. The van der Waals surface area contributed by atoms with Gasteiger partial charge in [-0.05, 0) is 35.9 Å². The van der Waals surface area contributed by atoms with Crippen LogP contribution in [0.1, 0.15) is 21.5 Å². The molecule has 0 radical (unpaired) electrons. The summed E-state index contributed by atoms with van der Waals surface area (Å²) in [5.41, 5.74) is -0.272. The van der Waals surface area contributed by atoms with Crippen molar-refractivity contribution < 1.29 is 27.6 Å². The van der Waals surface area contributed by atoms with E-state index >= 15 is 0 Å². The zero-order valence-corrected chi connectivity index (χ0v) is 17.4. The topological polar surface area (TPSA) is 49.9 Å². The molecule has 0 spiro atoms. The third kappa shape index (κ3) is 4.40. The van der Waals surface area contributed by atoms with E-state index in [1.165, 1.54) is 38.4 Å². The lowest BCUT2D eigenvalue weighted by Crippen LogP contribution is -2.29. The van der Waals surface area contributed by atoms with Crippen molar-refractivity contribution in [2.75, 3.05) is 19.1 Å². The molecule has 0 unspecified atom stereocenters. The zero-order chi connectivity index (χ0) is 22.1. The number of amides is 2. The predicted octanol–water partition coefficient (Wildman–Crippen LogP) is 4.74. The summed E-state index contributed by atoms with van der Waals surface area (Å²) in [6, 6.07) is 11.1. The van der Waals surface area contributed by atoms with Gasteiger partial charge in [-0.1, -0.05) is 48.2 Å². The Morgan fingerprint density at radius 3 is 2.40 bits per heavy atom. The second-order valence-corrected chi connectivity index (χ2v) is 7.81. The average Bonchev–Trinajstić information content (AvgIpc) is 2.99. The second kappa shape index (κ2) is 8.58. The molecule has 0 bridgehead atoms. The van der Waals surface area contributed by atoms with Crippen LogP contribution < -0.4 is 4.90 Å².